The van der Waals surface area contributed by atoms with Gasteiger partial charge in [-0.2, -0.15) is 5.10 Å². The number of nitrogens with zero attached hydrogens (tertiary/aromatic N) is 3. The Morgan fingerprint density at radius 3 is 2.74 bits per heavy atom. The second-order valence-corrected chi connectivity index (χ2v) is 5.92. The van der Waals surface area contributed by atoms with E-state index in [4.69, 9.17) is 0 Å². The Balaban J connectivity index is 2.19. The van der Waals surface area contributed by atoms with Crippen molar-refractivity contribution in [3.05, 3.63) is 17.5 Å². The van der Waals surface area contributed by atoms with Crippen molar-refractivity contribution in [1.29, 1.82) is 0 Å². The number of aromatic nitrogens is 2. The molecule has 1 aromatic heterocycles. The highest BCUT2D eigenvalue weighted by Gasteiger charge is 2.28. The maximum atomic E-state index is 12.7. The molecule has 1 aliphatic rings. The summed E-state index contributed by atoms with van der Waals surface area (Å²) in [6, 6.07) is 2.34. The maximum Gasteiger partial charge on any atom is 0.272 e. The summed E-state index contributed by atoms with van der Waals surface area (Å²) in [6.45, 7) is 2.83. The van der Waals surface area contributed by atoms with Crippen molar-refractivity contribution >= 4 is 21.8 Å². The van der Waals surface area contributed by atoms with Crippen molar-refractivity contribution in [2.75, 3.05) is 11.9 Å². The summed E-state index contributed by atoms with van der Waals surface area (Å²) in [5, 5.41) is 5.20. The van der Waals surface area contributed by atoms with Crippen molar-refractivity contribution in [2.24, 2.45) is 7.05 Å². The van der Waals surface area contributed by atoms with Gasteiger partial charge in [-0.25, -0.2) is 0 Å². The number of rotatable bonds is 5. The van der Waals surface area contributed by atoms with Gasteiger partial charge in [0.2, 0.25) is 0 Å². The maximum absolute atomic E-state index is 12.7. The smallest absolute Gasteiger partial charge is 0.272 e. The molecule has 106 valence electrons. The number of carbonyl (C=O) groups is 1. The first-order valence-electron chi connectivity index (χ1n) is 7.07. The molecule has 0 atom stereocenters. The molecule has 2 rings (SSSR count). The van der Waals surface area contributed by atoms with Crippen LogP contribution in [0.4, 0.5) is 0 Å². The van der Waals surface area contributed by atoms with Crippen LogP contribution in [-0.2, 0) is 13.5 Å². The molecule has 0 saturated heterocycles. The van der Waals surface area contributed by atoms with E-state index in [-0.39, 0.29) is 5.91 Å². The predicted octanol–water partition coefficient (Wildman–Crippen LogP) is 2.76. The van der Waals surface area contributed by atoms with E-state index in [9.17, 15) is 4.79 Å². The third-order valence-corrected chi connectivity index (χ3v) is 4.22. The van der Waals surface area contributed by atoms with Crippen LogP contribution in [0.5, 0.6) is 0 Å². The van der Waals surface area contributed by atoms with Gasteiger partial charge >= 0.3 is 0 Å². The van der Waals surface area contributed by atoms with Gasteiger partial charge in [-0.3, -0.25) is 9.48 Å². The number of aryl methyl sites for hydroxylation is 2. The van der Waals surface area contributed by atoms with Crippen molar-refractivity contribution in [3.63, 3.8) is 0 Å². The Bertz CT molecular complexity index is 438. The average Bonchev–Trinajstić information content (AvgIpc) is 3.04. The fraction of sp³-hybridized carbons (Fsp3) is 0.714. The largest absolute Gasteiger partial charge is 0.334 e. The van der Waals surface area contributed by atoms with Crippen LogP contribution in [0.2, 0.25) is 0 Å². The molecule has 0 spiro atoms. The molecule has 0 radical (unpaired) electrons. The van der Waals surface area contributed by atoms with Crippen LogP contribution in [0.3, 0.4) is 0 Å². The summed E-state index contributed by atoms with van der Waals surface area (Å²) in [5.74, 6) is 0.126. The van der Waals surface area contributed by atoms with Gasteiger partial charge in [0.05, 0.1) is 5.69 Å². The van der Waals surface area contributed by atoms with E-state index >= 15 is 0 Å². The molecule has 1 amide bonds. The number of amides is 1. The summed E-state index contributed by atoms with van der Waals surface area (Å²) in [4.78, 5) is 14.7. The van der Waals surface area contributed by atoms with Gasteiger partial charge in [-0.05, 0) is 25.3 Å². The second kappa shape index (κ2) is 6.55. The number of halogens is 1. The number of hydrogen-bond donors (Lipinski definition) is 0. The molecule has 1 saturated carbocycles. The van der Waals surface area contributed by atoms with E-state index in [1.54, 1.807) is 4.68 Å². The zero-order valence-corrected chi connectivity index (χ0v) is 13.3. The number of carbonyl (C=O) groups excluding carboxylic acids is 1. The van der Waals surface area contributed by atoms with Crippen LogP contribution in [0.1, 0.15) is 48.8 Å². The third kappa shape index (κ3) is 3.19. The van der Waals surface area contributed by atoms with Crippen LogP contribution < -0.4 is 0 Å². The molecule has 1 fully saturated rings. The van der Waals surface area contributed by atoms with Gasteiger partial charge in [0, 0.05) is 25.0 Å². The van der Waals surface area contributed by atoms with Crippen LogP contribution in [0, 0.1) is 0 Å². The second-order valence-electron chi connectivity index (χ2n) is 5.12. The molecule has 1 aliphatic carbocycles. The Hall–Kier alpha value is -0.840. The fourth-order valence-corrected chi connectivity index (χ4v) is 3.19. The molecule has 5 heteroatoms. The molecular formula is C14H22BrN3O. The molecular weight excluding hydrogens is 306 g/mol. The molecule has 1 aromatic rings. The van der Waals surface area contributed by atoms with E-state index in [0.717, 1.165) is 36.8 Å². The molecule has 0 aromatic carbocycles. The molecule has 0 bridgehead atoms. The number of hydrogen-bond acceptors (Lipinski definition) is 2. The SMILES string of the molecule is CCc1cc(C(=O)N(CCBr)C2CCCC2)n(C)n1. The van der Waals surface area contributed by atoms with Crippen molar-refractivity contribution in [3.8, 4) is 0 Å². The van der Waals surface area contributed by atoms with Gasteiger partial charge in [-0.1, -0.05) is 35.7 Å². The first-order chi connectivity index (χ1) is 9.17. The van der Waals surface area contributed by atoms with Gasteiger partial charge in [0.25, 0.3) is 5.91 Å². The monoisotopic (exact) mass is 327 g/mol. The zero-order chi connectivity index (χ0) is 13.8. The zero-order valence-electron chi connectivity index (χ0n) is 11.7. The first kappa shape index (κ1) is 14.6. The van der Waals surface area contributed by atoms with Crippen molar-refractivity contribution in [2.45, 2.75) is 45.1 Å². The Labute approximate surface area is 123 Å². The minimum absolute atomic E-state index is 0.126. The van der Waals surface area contributed by atoms with Gasteiger partial charge < -0.3 is 4.90 Å². The van der Waals surface area contributed by atoms with Gasteiger partial charge in [-0.15, -0.1) is 0 Å². The summed E-state index contributed by atoms with van der Waals surface area (Å²) < 4.78 is 1.72. The van der Waals surface area contributed by atoms with Gasteiger partial charge in [0.15, 0.2) is 0 Å². The van der Waals surface area contributed by atoms with E-state index in [0.29, 0.717) is 11.7 Å². The first-order valence-corrected chi connectivity index (χ1v) is 8.19. The predicted molar refractivity (Wildman–Crippen MR) is 79.7 cm³/mol. The van der Waals surface area contributed by atoms with E-state index in [1.165, 1.54) is 12.8 Å². The highest BCUT2D eigenvalue weighted by molar-refractivity contribution is 9.09. The average molecular weight is 328 g/mol. The molecule has 19 heavy (non-hydrogen) atoms. The lowest BCUT2D eigenvalue weighted by atomic mass is 10.2. The van der Waals surface area contributed by atoms with Crippen molar-refractivity contribution in [1.82, 2.24) is 14.7 Å². The summed E-state index contributed by atoms with van der Waals surface area (Å²) in [6.07, 6.45) is 5.61. The minimum atomic E-state index is 0.126. The standard InChI is InChI=1S/C14H22BrN3O/c1-3-11-10-13(17(2)16-11)14(19)18(9-8-15)12-6-4-5-7-12/h10,12H,3-9H2,1-2H3. The van der Waals surface area contributed by atoms with Crippen LogP contribution in [0.25, 0.3) is 0 Å². The minimum Gasteiger partial charge on any atom is -0.334 e. The number of alkyl halides is 1. The van der Waals surface area contributed by atoms with E-state index in [2.05, 4.69) is 28.0 Å². The van der Waals surface area contributed by atoms with Crippen LogP contribution in [0.15, 0.2) is 6.07 Å². The Morgan fingerprint density at radius 2 is 2.21 bits per heavy atom. The highest BCUT2D eigenvalue weighted by atomic mass is 79.9. The summed E-state index contributed by atoms with van der Waals surface area (Å²) in [7, 11) is 1.85. The van der Waals surface area contributed by atoms with Crippen molar-refractivity contribution < 1.29 is 4.79 Å². The summed E-state index contributed by atoms with van der Waals surface area (Å²) in [5.41, 5.74) is 1.70. The Kier molecular flexibility index (Phi) is 5.02. The lowest BCUT2D eigenvalue weighted by Crippen LogP contribution is -2.40. The molecule has 0 unspecified atom stereocenters. The third-order valence-electron chi connectivity index (χ3n) is 3.86. The Morgan fingerprint density at radius 1 is 1.53 bits per heavy atom. The molecule has 4 nitrogen and oxygen atoms in total. The molecule has 0 aliphatic heterocycles. The van der Waals surface area contributed by atoms with Crippen LogP contribution >= 0.6 is 15.9 Å². The highest BCUT2D eigenvalue weighted by Crippen LogP contribution is 2.25. The lowest BCUT2D eigenvalue weighted by molar-refractivity contribution is 0.0685. The van der Waals surface area contributed by atoms with E-state index < -0.39 is 0 Å². The quantitative estimate of drug-likeness (QED) is 0.780. The topological polar surface area (TPSA) is 38.1 Å². The molecule has 1 heterocycles. The van der Waals surface area contributed by atoms with Crippen LogP contribution in [-0.4, -0.2) is 38.5 Å². The summed E-state index contributed by atoms with van der Waals surface area (Å²) >= 11 is 3.46. The molecule has 0 N–H and O–H groups in total. The fourth-order valence-electron chi connectivity index (χ4n) is 2.80. The lowest BCUT2D eigenvalue weighted by Gasteiger charge is -2.28. The van der Waals surface area contributed by atoms with E-state index in [1.807, 2.05) is 18.0 Å². The normalized spacial score (nSPS) is 15.9. The van der Waals surface area contributed by atoms with Gasteiger partial charge in [0.1, 0.15) is 5.69 Å².